The summed E-state index contributed by atoms with van der Waals surface area (Å²) in [5, 5.41) is 3.46. The third kappa shape index (κ3) is 4.50. The molecule has 0 spiro atoms. The topological polar surface area (TPSA) is 30.5 Å². The van der Waals surface area contributed by atoms with Gasteiger partial charge in [0.15, 0.2) is 0 Å². The second kappa shape index (κ2) is 8.28. The minimum atomic E-state index is 0.551. The molecule has 0 bridgehead atoms. The lowest BCUT2D eigenvalue weighted by atomic mass is 9.98. The van der Waals surface area contributed by atoms with Crippen molar-refractivity contribution < 1.29 is 9.47 Å². The van der Waals surface area contributed by atoms with E-state index in [0.717, 1.165) is 45.1 Å². The highest BCUT2D eigenvalue weighted by Crippen LogP contribution is 2.28. The molecule has 2 atom stereocenters. The molecule has 112 valence electrons. The first-order valence-electron chi connectivity index (χ1n) is 7.81. The Morgan fingerprint density at radius 3 is 3.00 bits per heavy atom. The van der Waals surface area contributed by atoms with Crippen LogP contribution in [0.1, 0.15) is 38.2 Å². The molecule has 0 saturated carbocycles. The van der Waals surface area contributed by atoms with Gasteiger partial charge in [-0.1, -0.05) is 32.0 Å². The molecule has 1 aliphatic rings. The Bertz CT molecular complexity index is 388. The summed E-state index contributed by atoms with van der Waals surface area (Å²) in [4.78, 5) is 0. The number of hydrogen-bond acceptors (Lipinski definition) is 3. The molecule has 2 unspecified atom stereocenters. The van der Waals surface area contributed by atoms with Crippen LogP contribution in [-0.2, 0) is 4.74 Å². The van der Waals surface area contributed by atoms with Gasteiger partial charge in [0.1, 0.15) is 12.4 Å². The molecule has 0 aromatic heterocycles. The predicted octanol–water partition coefficient (Wildman–Crippen LogP) is 3.21. The Morgan fingerprint density at radius 1 is 1.40 bits per heavy atom. The number of rotatable bonds is 8. The Kier molecular flexibility index (Phi) is 6.34. The van der Waals surface area contributed by atoms with Crippen LogP contribution in [0.25, 0.3) is 0 Å². The summed E-state index contributed by atoms with van der Waals surface area (Å²) in [6.45, 7) is 8.95. The maximum atomic E-state index is 5.93. The van der Waals surface area contributed by atoms with E-state index in [0.29, 0.717) is 11.8 Å². The highest BCUT2D eigenvalue weighted by Gasteiger charge is 2.14. The molecule has 3 nitrogen and oxygen atoms in total. The summed E-state index contributed by atoms with van der Waals surface area (Å²) in [6, 6.07) is 8.39. The Morgan fingerprint density at radius 2 is 2.25 bits per heavy atom. The zero-order valence-corrected chi connectivity index (χ0v) is 12.7. The minimum Gasteiger partial charge on any atom is -0.492 e. The maximum absolute atomic E-state index is 5.93. The van der Waals surface area contributed by atoms with E-state index in [4.69, 9.17) is 9.47 Å². The van der Waals surface area contributed by atoms with E-state index in [2.05, 4.69) is 37.4 Å². The van der Waals surface area contributed by atoms with Gasteiger partial charge in [0.2, 0.25) is 0 Å². The number of para-hydroxylation sites is 1. The molecule has 0 radical (unpaired) electrons. The van der Waals surface area contributed by atoms with Crippen molar-refractivity contribution in [2.45, 2.75) is 32.6 Å². The SMILES string of the molecule is CCC(C)c1ccccc1OCCNCC1CCOC1. The molecule has 1 heterocycles. The van der Waals surface area contributed by atoms with Gasteiger partial charge in [0.25, 0.3) is 0 Å². The van der Waals surface area contributed by atoms with E-state index < -0.39 is 0 Å². The molecule has 0 amide bonds. The number of hydrogen-bond donors (Lipinski definition) is 1. The third-order valence-corrected chi connectivity index (χ3v) is 4.06. The smallest absolute Gasteiger partial charge is 0.122 e. The fourth-order valence-electron chi connectivity index (χ4n) is 2.52. The van der Waals surface area contributed by atoms with Crippen LogP contribution in [0, 0.1) is 5.92 Å². The summed E-state index contributed by atoms with van der Waals surface area (Å²) in [6.07, 6.45) is 2.32. The largest absolute Gasteiger partial charge is 0.492 e. The van der Waals surface area contributed by atoms with E-state index in [1.807, 2.05) is 6.07 Å². The third-order valence-electron chi connectivity index (χ3n) is 4.06. The molecule has 1 aromatic carbocycles. The maximum Gasteiger partial charge on any atom is 0.122 e. The molecule has 2 rings (SSSR count). The first kappa shape index (κ1) is 15.3. The van der Waals surface area contributed by atoms with Gasteiger partial charge in [-0.05, 0) is 36.3 Å². The van der Waals surface area contributed by atoms with Crippen molar-refractivity contribution >= 4 is 0 Å². The van der Waals surface area contributed by atoms with Gasteiger partial charge >= 0.3 is 0 Å². The zero-order chi connectivity index (χ0) is 14.2. The molecule has 1 fully saturated rings. The first-order valence-corrected chi connectivity index (χ1v) is 7.81. The molecule has 1 aromatic rings. The predicted molar refractivity (Wildman–Crippen MR) is 82.4 cm³/mol. The van der Waals surface area contributed by atoms with Gasteiger partial charge in [0.05, 0.1) is 6.61 Å². The summed E-state index contributed by atoms with van der Waals surface area (Å²) in [5.41, 5.74) is 1.32. The molecule has 1 aliphatic heterocycles. The van der Waals surface area contributed by atoms with E-state index in [9.17, 15) is 0 Å². The second-order valence-electron chi connectivity index (χ2n) is 5.63. The normalized spacial score (nSPS) is 20.0. The summed E-state index contributed by atoms with van der Waals surface area (Å²) in [5.74, 6) is 2.27. The minimum absolute atomic E-state index is 0.551. The van der Waals surface area contributed by atoms with Crippen LogP contribution in [0.5, 0.6) is 5.75 Å². The van der Waals surface area contributed by atoms with Crippen LogP contribution in [0.4, 0.5) is 0 Å². The van der Waals surface area contributed by atoms with Crippen molar-refractivity contribution in [3.63, 3.8) is 0 Å². The van der Waals surface area contributed by atoms with Crippen LogP contribution in [0.2, 0.25) is 0 Å². The fraction of sp³-hybridized carbons (Fsp3) is 0.647. The van der Waals surface area contributed by atoms with E-state index >= 15 is 0 Å². The van der Waals surface area contributed by atoms with Gasteiger partial charge in [-0.2, -0.15) is 0 Å². The van der Waals surface area contributed by atoms with Gasteiger partial charge in [-0.15, -0.1) is 0 Å². The van der Waals surface area contributed by atoms with Crippen molar-refractivity contribution in [2.24, 2.45) is 5.92 Å². The molecule has 1 N–H and O–H groups in total. The van der Waals surface area contributed by atoms with Crippen molar-refractivity contribution in [2.75, 3.05) is 32.9 Å². The van der Waals surface area contributed by atoms with Crippen LogP contribution in [0.3, 0.4) is 0 Å². The van der Waals surface area contributed by atoms with Crippen LogP contribution in [-0.4, -0.2) is 32.9 Å². The number of benzene rings is 1. The standard InChI is InChI=1S/C17H27NO2/c1-3-14(2)16-6-4-5-7-17(16)20-11-9-18-12-15-8-10-19-13-15/h4-7,14-15,18H,3,8-13H2,1-2H3. The molecular weight excluding hydrogens is 250 g/mol. The lowest BCUT2D eigenvalue weighted by Gasteiger charge is -2.16. The Hall–Kier alpha value is -1.06. The van der Waals surface area contributed by atoms with Crippen molar-refractivity contribution in [1.29, 1.82) is 0 Å². The van der Waals surface area contributed by atoms with Crippen LogP contribution < -0.4 is 10.1 Å². The van der Waals surface area contributed by atoms with Crippen molar-refractivity contribution in [1.82, 2.24) is 5.32 Å². The monoisotopic (exact) mass is 277 g/mol. The molecule has 20 heavy (non-hydrogen) atoms. The van der Waals surface area contributed by atoms with Crippen molar-refractivity contribution in [3.8, 4) is 5.75 Å². The van der Waals surface area contributed by atoms with E-state index in [1.165, 1.54) is 12.0 Å². The number of nitrogens with one attached hydrogen (secondary N) is 1. The van der Waals surface area contributed by atoms with Crippen LogP contribution >= 0.6 is 0 Å². The molecule has 1 saturated heterocycles. The average molecular weight is 277 g/mol. The highest BCUT2D eigenvalue weighted by molar-refractivity contribution is 5.35. The fourth-order valence-corrected chi connectivity index (χ4v) is 2.52. The Balaban J connectivity index is 1.70. The second-order valence-corrected chi connectivity index (χ2v) is 5.63. The summed E-state index contributed by atoms with van der Waals surface area (Å²) in [7, 11) is 0. The Labute approximate surface area is 122 Å². The lowest BCUT2D eigenvalue weighted by molar-refractivity contribution is 0.185. The van der Waals surface area contributed by atoms with Gasteiger partial charge in [-0.3, -0.25) is 0 Å². The van der Waals surface area contributed by atoms with Gasteiger partial charge in [-0.25, -0.2) is 0 Å². The lowest BCUT2D eigenvalue weighted by Crippen LogP contribution is -2.27. The average Bonchev–Trinajstić information content (AvgIpc) is 3.00. The van der Waals surface area contributed by atoms with Crippen LogP contribution in [0.15, 0.2) is 24.3 Å². The van der Waals surface area contributed by atoms with Crippen molar-refractivity contribution in [3.05, 3.63) is 29.8 Å². The first-order chi connectivity index (χ1) is 9.81. The summed E-state index contributed by atoms with van der Waals surface area (Å²) < 4.78 is 11.3. The van der Waals surface area contributed by atoms with Gasteiger partial charge in [0, 0.05) is 19.7 Å². The van der Waals surface area contributed by atoms with E-state index in [1.54, 1.807) is 0 Å². The molecule has 3 heteroatoms. The highest BCUT2D eigenvalue weighted by atomic mass is 16.5. The summed E-state index contributed by atoms with van der Waals surface area (Å²) >= 11 is 0. The quantitative estimate of drug-likeness (QED) is 0.740. The number of ether oxygens (including phenoxy) is 2. The van der Waals surface area contributed by atoms with E-state index in [-0.39, 0.29) is 0 Å². The zero-order valence-electron chi connectivity index (χ0n) is 12.7. The van der Waals surface area contributed by atoms with Gasteiger partial charge < -0.3 is 14.8 Å². The molecular formula is C17H27NO2. The molecule has 0 aliphatic carbocycles.